The average molecular weight is 395 g/mol. The maximum atomic E-state index is 11.6. The number of carbonyl (C=O) groups is 1. The van der Waals surface area contributed by atoms with Crippen molar-refractivity contribution in [1.29, 1.82) is 0 Å². The number of nitrogens with zero attached hydrogens (tertiary/aromatic N) is 3. The van der Waals surface area contributed by atoms with Gasteiger partial charge in [-0.1, -0.05) is 47.7 Å². The Balaban J connectivity index is 1.42. The normalized spacial score (nSPS) is 14.8. The van der Waals surface area contributed by atoms with Gasteiger partial charge in [-0.25, -0.2) is 9.97 Å². The summed E-state index contributed by atoms with van der Waals surface area (Å²) in [5.74, 6) is 0.904. The lowest BCUT2D eigenvalue weighted by Gasteiger charge is -2.31. The highest BCUT2D eigenvalue weighted by atomic mass is 32.1. The van der Waals surface area contributed by atoms with E-state index in [4.69, 9.17) is 10.1 Å². The molecule has 1 aliphatic rings. The Hall–Kier alpha value is -2.77. The van der Waals surface area contributed by atoms with Crippen molar-refractivity contribution in [2.45, 2.75) is 18.8 Å². The first-order valence-corrected chi connectivity index (χ1v) is 10.2. The molecule has 0 saturated carbocycles. The molecule has 0 atom stereocenters. The molecule has 0 spiro atoms. The van der Waals surface area contributed by atoms with Crippen molar-refractivity contribution in [1.82, 2.24) is 14.9 Å². The van der Waals surface area contributed by atoms with Gasteiger partial charge >= 0.3 is 0 Å². The Labute approximate surface area is 167 Å². The lowest BCUT2D eigenvalue weighted by molar-refractivity contribution is -0.135. The minimum atomic E-state index is -0.416. The minimum Gasteiger partial charge on any atom is -0.387 e. The van der Waals surface area contributed by atoms with Gasteiger partial charge in [0.05, 0.1) is 4.88 Å². The van der Waals surface area contributed by atoms with Crippen LogP contribution in [0.3, 0.4) is 0 Å². The monoisotopic (exact) mass is 394 g/mol. The van der Waals surface area contributed by atoms with Crippen molar-refractivity contribution in [3.05, 3.63) is 60.4 Å². The summed E-state index contributed by atoms with van der Waals surface area (Å²) in [5.41, 5.74) is 2.18. The number of anilines is 2. The van der Waals surface area contributed by atoms with Crippen LogP contribution in [0.2, 0.25) is 0 Å². The second-order valence-electron chi connectivity index (χ2n) is 6.78. The molecule has 1 amide bonds. The van der Waals surface area contributed by atoms with Gasteiger partial charge in [-0.05, 0) is 30.5 Å². The van der Waals surface area contributed by atoms with Crippen LogP contribution in [-0.4, -0.2) is 45.6 Å². The highest BCUT2D eigenvalue weighted by molar-refractivity contribution is 7.18. The van der Waals surface area contributed by atoms with Gasteiger partial charge in [0.15, 0.2) is 5.13 Å². The van der Waals surface area contributed by atoms with Crippen LogP contribution in [0.4, 0.5) is 10.9 Å². The molecule has 1 aliphatic heterocycles. The van der Waals surface area contributed by atoms with Crippen LogP contribution in [0.1, 0.15) is 24.5 Å². The molecule has 7 heteroatoms. The van der Waals surface area contributed by atoms with E-state index in [2.05, 4.69) is 22.4 Å². The van der Waals surface area contributed by atoms with Gasteiger partial charge in [0.1, 0.15) is 12.4 Å². The minimum absolute atomic E-state index is 0.195. The van der Waals surface area contributed by atoms with Gasteiger partial charge in [0.25, 0.3) is 0 Å². The Morgan fingerprint density at radius 2 is 1.93 bits per heavy atom. The first-order chi connectivity index (χ1) is 13.7. The fourth-order valence-electron chi connectivity index (χ4n) is 3.45. The van der Waals surface area contributed by atoms with Crippen LogP contribution in [0.25, 0.3) is 10.4 Å². The van der Waals surface area contributed by atoms with Crippen molar-refractivity contribution in [2.75, 3.05) is 25.0 Å². The molecule has 144 valence electrons. The summed E-state index contributed by atoms with van der Waals surface area (Å²) in [6.45, 7) is 0.910. The Kier molecular flexibility index (Phi) is 5.64. The first kappa shape index (κ1) is 18.6. The van der Waals surface area contributed by atoms with E-state index in [0.717, 1.165) is 39.9 Å². The van der Waals surface area contributed by atoms with Gasteiger partial charge in [-0.2, -0.15) is 0 Å². The van der Waals surface area contributed by atoms with Crippen LogP contribution in [0.15, 0.2) is 54.7 Å². The number of nitrogens with one attached hydrogen (secondary N) is 1. The third-order valence-electron chi connectivity index (χ3n) is 4.97. The quantitative estimate of drug-likeness (QED) is 0.691. The van der Waals surface area contributed by atoms with Crippen LogP contribution in [0.5, 0.6) is 0 Å². The van der Waals surface area contributed by atoms with E-state index >= 15 is 0 Å². The smallest absolute Gasteiger partial charge is 0.248 e. The predicted molar refractivity (Wildman–Crippen MR) is 111 cm³/mol. The molecular weight excluding hydrogens is 372 g/mol. The van der Waals surface area contributed by atoms with Crippen molar-refractivity contribution in [2.24, 2.45) is 0 Å². The summed E-state index contributed by atoms with van der Waals surface area (Å²) in [6.07, 6.45) is 3.59. The number of benzene rings is 1. The number of amides is 1. The summed E-state index contributed by atoms with van der Waals surface area (Å²) < 4.78 is 0. The molecule has 0 aliphatic carbocycles. The molecule has 2 N–H and O–H groups in total. The Morgan fingerprint density at radius 3 is 2.68 bits per heavy atom. The molecule has 2 aromatic heterocycles. The summed E-state index contributed by atoms with van der Waals surface area (Å²) >= 11 is 1.60. The van der Waals surface area contributed by atoms with Crippen molar-refractivity contribution >= 4 is 28.2 Å². The van der Waals surface area contributed by atoms with Gasteiger partial charge in [-0.15, -0.1) is 0 Å². The lowest BCUT2D eigenvalue weighted by atomic mass is 9.93. The zero-order valence-electron chi connectivity index (χ0n) is 15.4. The number of aliphatic hydroxyl groups is 1. The summed E-state index contributed by atoms with van der Waals surface area (Å²) in [4.78, 5) is 23.7. The number of aliphatic hydroxyl groups excluding tert-OH is 1. The second kappa shape index (κ2) is 8.50. The molecule has 1 aromatic carbocycles. The lowest BCUT2D eigenvalue weighted by Crippen LogP contribution is -2.39. The van der Waals surface area contributed by atoms with Gasteiger partial charge in [0, 0.05) is 30.9 Å². The molecule has 3 heterocycles. The fraction of sp³-hybridized carbons (Fsp3) is 0.286. The third-order valence-corrected chi connectivity index (χ3v) is 5.93. The Morgan fingerprint density at radius 1 is 1.14 bits per heavy atom. The molecule has 0 radical (unpaired) electrons. The fourth-order valence-corrected chi connectivity index (χ4v) is 4.28. The van der Waals surface area contributed by atoms with E-state index < -0.39 is 6.61 Å². The predicted octanol–water partition coefficient (Wildman–Crippen LogP) is 3.65. The van der Waals surface area contributed by atoms with Gasteiger partial charge in [0.2, 0.25) is 5.91 Å². The number of hydrogen-bond acceptors (Lipinski definition) is 6. The molecule has 1 saturated heterocycles. The largest absolute Gasteiger partial charge is 0.387 e. The molecule has 0 unspecified atom stereocenters. The molecule has 6 nitrogen and oxygen atoms in total. The van der Waals surface area contributed by atoms with Crippen molar-refractivity contribution in [3.8, 4) is 10.4 Å². The van der Waals surface area contributed by atoms with Crippen LogP contribution in [0, 0.1) is 0 Å². The summed E-state index contributed by atoms with van der Waals surface area (Å²) in [6, 6.07) is 16.2. The van der Waals surface area contributed by atoms with E-state index in [1.807, 2.05) is 42.6 Å². The van der Waals surface area contributed by atoms with Gasteiger partial charge < -0.3 is 15.3 Å². The van der Waals surface area contributed by atoms with E-state index in [0.29, 0.717) is 19.0 Å². The van der Waals surface area contributed by atoms with Crippen molar-refractivity contribution in [3.63, 3.8) is 0 Å². The van der Waals surface area contributed by atoms with E-state index in [-0.39, 0.29) is 5.91 Å². The Bertz CT molecular complexity index is 936. The van der Waals surface area contributed by atoms with Crippen molar-refractivity contribution < 1.29 is 9.90 Å². The first-order valence-electron chi connectivity index (χ1n) is 9.37. The molecule has 0 bridgehead atoms. The van der Waals surface area contributed by atoms with E-state index in [1.165, 1.54) is 0 Å². The van der Waals surface area contributed by atoms with E-state index in [1.54, 1.807) is 16.2 Å². The zero-order valence-corrected chi connectivity index (χ0v) is 16.2. The standard InChI is InChI=1S/C21H22N4O2S/c26-14-20(27)25-11-9-15(10-12-25)17-7-4-8-19(23-17)24-21-22-13-18(28-21)16-5-2-1-3-6-16/h1-8,13,15,26H,9-12,14H2,(H,22,23,24). The molecule has 28 heavy (non-hydrogen) atoms. The number of piperidine rings is 1. The van der Waals surface area contributed by atoms with Crippen LogP contribution < -0.4 is 5.32 Å². The maximum Gasteiger partial charge on any atom is 0.248 e. The third kappa shape index (κ3) is 4.21. The summed E-state index contributed by atoms with van der Waals surface area (Å²) in [7, 11) is 0. The number of rotatable bonds is 5. The highest BCUT2D eigenvalue weighted by Gasteiger charge is 2.24. The number of hydrogen-bond donors (Lipinski definition) is 2. The summed E-state index contributed by atoms with van der Waals surface area (Å²) in [5, 5.41) is 13.1. The number of pyridine rings is 1. The number of carbonyl (C=O) groups excluding carboxylic acids is 1. The molecule has 4 rings (SSSR count). The highest BCUT2D eigenvalue weighted by Crippen LogP contribution is 2.31. The molecule has 3 aromatic rings. The number of aromatic nitrogens is 2. The topological polar surface area (TPSA) is 78.4 Å². The molecule has 1 fully saturated rings. The van der Waals surface area contributed by atoms with Crippen LogP contribution in [-0.2, 0) is 4.79 Å². The van der Waals surface area contributed by atoms with Gasteiger partial charge in [-0.3, -0.25) is 4.79 Å². The average Bonchev–Trinajstić information content (AvgIpc) is 3.22. The van der Waals surface area contributed by atoms with E-state index in [9.17, 15) is 4.79 Å². The number of likely N-dealkylation sites (tertiary alicyclic amines) is 1. The van der Waals surface area contributed by atoms with Crippen LogP contribution >= 0.6 is 11.3 Å². The SMILES string of the molecule is O=C(CO)N1CCC(c2cccc(Nc3ncc(-c4ccccc4)s3)n2)CC1. The number of thiazole rings is 1. The molecular formula is C21H22N4O2S. The second-order valence-corrected chi connectivity index (χ2v) is 7.81. The maximum absolute atomic E-state index is 11.6. The zero-order chi connectivity index (χ0) is 19.3.